The van der Waals surface area contributed by atoms with E-state index < -0.39 is 0 Å². The maximum absolute atomic E-state index is 9.01. The molecule has 1 aliphatic rings. The molecule has 0 amide bonds. The van der Waals surface area contributed by atoms with Crippen molar-refractivity contribution in [2.24, 2.45) is 0 Å². The number of para-hydroxylation sites is 1. The van der Waals surface area contributed by atoms with Crippen molar-refractivity contribution in [1.29, 1.82) is 10.5 Å². The fraction of sp³-hybridized carbons (Fsp3) is 0.182. The fourth-order valence-corrected chi connectivity index (χ4v) is 3.24. The van der Waals surface area contributed by atoms with Crippen LogP contribution in [-0.4, -0.2) is 31.1 Å². The molecule has 0 saturated carbocycles. The highest BCUT2D eigenvalue weighted by molar-refractivity contribution is 6.30. The van der Waals surface area contributed by atoms with Gasteiger partial charge in [-0.1, -0.05) is 41.9 Å². The van der Waals surface area contributed by atoms with Gasteiger partial charge in [-0.2, -0.15) is 10.5 Å². The molecule has 0 atom stereocenters. The van der Waals surface area contributed by atoms with Crippen LogP contribution in [0.3, 0.4) is 0 Å². The molecule has 0 radical (unpaired) electrons. The van der Waals surface area contributed by atoms with Crippen molar-refractivity contribution < 1.29 is 0 Å². The van der Waals surface area contributed by atoms with Crippen molar-refractivity contribution in [1.82, 2.24) is 4.90 Å². The van der Waals surface area contributed by atoms with E-state index in [0.717, 1.165) is 37.4 Å². The third-order valence-electron chi connectivity index (χ3n) is 4.53. The van der Waals surface area contributed by atoms with E-state index in [2.05, 4.69) is 34.1 Å². The molecule has 5 heteroatoms. The minimum atomic E-state index is 0.0874. The van der Waals surface area contributed by atoms with Gasteiger partial charge in [-0.25, -0.2) is 0 Å². The molecule has 0 N–H and O–H groups in total. The van der Waals surface area contributed by atoms with Crippen molar-refractivity contribution in [2.75, 3.05) is 31.1 Å². The van der Waals surface area contributed by atoms with Crippen LogP contribution in [0.1, 0.15) is 5.56 Å². The molecule has 4 nitrogen and oxygen atoms in total. The van der Waals surface area contributed by atoms with Crippen LogP contribution in [0, 0.1) is 22.7 Å². The molecule has 2 aromatic rings. The van der Waals surface area contributed by atoms with E-state index in [1.165, 1.54) is 5.69 Å². The Hall–Kier alpha value is -3.21. The Morgan fingerprint density at radius 3 is 2.07 bits per heavy atom. The summed E-state index contributed by atoms with van der Waals surface area (Å²) in [5.41, 5.74) is 3.32. The molecule has 0 spiro atoms. The van der Waals surface area contributed by atoms with Gasteiger partial charge in [-0.05, 0) is 42.0 Å². The van der Waals surface area contributed by atoms with E-state index >= 15 is 0 Å². The van der Waals surface area contributed by atoms with E-state index in [1.54, 1.807) is 6.08 Å². The molecule has 0 bridgehead atoms. The Balaban J connectivity index is 1.83. The Bertz CT molecular complexity index is 894. The lowest BCUT2D eigenvalue weighted by Gasteiger charge is -2.38. The molecule has 27 heavy (non-hydrogen) atoms. The van der Waals surface area contributed by atoms with Gasteiger partial charge in [-0.3, -0.25) is 0 Å². The second-order valence-corrected chi connectivity index (χ2v) is 6.61. The van der Waals surface area contributed by atoms with Crippen molar-refractivity contribution in [3.8, 4) is 12.1 Å². The molecule has 3 rings (SSSR count). The first-order valence-electron chi connectivity index (χ1n) is 8.74. The van der Waals surface area contributed by atoms with Crippen LogP contribution in [0.4, 0.5) is 5.69 Å². The predicted molar refractivity (Wildman–Crippen MR) is 109 cm³/mol. The first-order valence-corrected chi connectivity index (χ1v) is 9.12. The van der Waals surface area contributed by atoms with Crippen molar-refractivity contribution in [3.05, 3.63) is 82.9 Å². The Kier molecular flexibility index (Phi) is 6.15. The zero-order valence-electron chi connectivity index (χ0n) is 14.8. The standard InChI is InChI=1S/C22H19ClN4/c23-20-9-7-19(8-10-20)22(11-6-18(16-24)17-25)27-14-12-26(13-15-27)21-4-2-1-3-5-21/h1-11H,12-15H2/b22-11-. The fourth-order valence-electron chi connectivity index (χ4n) is 3.11. The number of nitriles is 2. The van der Waals surface area contributed by atoms with Crippen LogP contribution < -0.4 is 4.90 Å². The molecular formula is C22H19ClN4. The molecule has 1 aliphatic heterocycles. The number of allylic oxidation sites excluding steroid dienone is 3. The van der Waals surface area contributed by atoms with E-state index in [1.807, 2.05) is 48.5 Å². The highest BCUT2D eigenvalue weighted by Crippen LogP contribution is 2.25. The summed E-state index contributed by atoms with van der Waals surface area (Å²) >= 11 is 6.02. The summed E-state index contributed by atoms with van der Waals surface area (Å²) in [6.45, 7) is 3.52. The third kappa shape index (κ3) is 4.70. The van der Waals surface area contributed by atoms with Crippen molar-refractivity contribution in [3.63, 3.8) is 0 Å². The molecule has 0 aromatic heterocycles. The Morgan fingerprint density at radius 1 is 0.852 bits per heavy atom. The van der Waals surface area contributed by atoms with Gasteiger partial charge in [0.2, 0.25) is 0 Å². The van der Waals surface area contributed by atoms with Gasteiger partial charge in [-0.15, -0.1) is 0 Å². The monoisotopic (exact) mass is 374 g/mol. The molecule has 0 aliphatic carbocycles. The van der Waals surface area contributed by atoms with Crippen LogP contribution in [0.25, 0.3) is 5.70 Å². The highest BCUT2D eigenvalue weighted by atomic mass is 35.5. The maximum atomic E-state index is 9.01. The number of hydrogen-bond acceptors (Lipinski definition) is 4. The lowest BCUT2D eigenvalue weighted by Crippen LogP contribution is -2.45. The molecule has 1 heterocycles. The van der Waals surface area contributed by atoms with Crippen LogP contribution in [0.15, 0.2) is 72.3 Å². The maximum Gasteiger partial charge on any atom is 0.129 e. The van der Waals surface area contributed by atoms with Gasteiger partial charge < -0.3 is 9.80 Å². The zero-order valence-corrected chi connectivity index (χ0v) is 15.6. The average molecular weight is 375 g/mol. The molecule has 1 fully saturated rings. The molecule has 134 valence electrons. The second kappa shape index (κ2) is 8.94. The first kappa shape index (κ1) is 18.6. The Labute approximate surface area is 164 Å². The van der Waals surface area contributed by atoms with Crippen LogP contribution in [0.5, 0.6) is 0 Å². The summed E-state index contributed by atoms with van der Waals surface area (Å²) in [6.07, 6.45) is 3.43. The van der Waals surface area contributed by atoms with Gasteiger partial charge in [0.1, 0.15) is 17.7 Å². The minimum absolute atomic E-state index is 0.0874. The third-order valence-corrected chi connectivity index (χ3v) is 4.78. The Morgan fingerprint density at radius 2 is 1.48 bits per heavy atom. The highest BCUT2D eigenvalue weighted by Gasteiger charge is 2.19. The van der Waals surface area contributed by atoms with Crippen LogP contribution in [0.2, 0.25) is 5.02 Å². The topological polar surface area (TPSA) is 54.1 Å². The number of anilines is 1. The molecular weight excluding hydrogens is 356 g/mol. The summed E-state index contributed by atoms with van der Waals surface area (Å²) < 4.78 is 0. The number of benzene rings is 2. The summed E-state index contributed by atoms with van der Waals surface area (Å²) in [5.74, 6) is 0. The number of halogens is 1. The van der Waals surface area contributed by atoms with Crippen LogP contribution >= 0.6 is 11.6 Å². The SMILES string of the molecule is N#CC(C#N)=C/C=C(/c1ccc(Cl)cc1)N1CCN(c2ccccc2)CC1. The van der Waals surface area contributed by atoms with E-state index in [9.17, 15) is 0 Å². The predicted octanol–water partition coefficient (Wildman–Crippen LogP) is 4.48. The first-order chi connectivity index (χ1) is 13.2. The number of nitrogens with zero attached hydrogens (tertiary/aromatic N) is 4. The molecule has 2 aromatic carbocycles. The summed E-state index contributed by atoms with van der Waals surface area (Å²) in [4.78, 5) is 4.65. The smallest absolute Gasteiger partial charge is 0.129 e. The largest absolute Gasteiger partial charge is 0.368 e. The second-order valence-electron chi connectivity index (χ2n) is 6.17. The number of hydrogen-bond donors (Lipinski definition) is 0. The van der Waals surface area contributed by atoms with Crippen LogP contribution in [-0.2, 0) is 0 Å². The summed E-state index contributed by atoms with van der Waals surface area (Å²) in [6, 6.07) is 21.8. The summed E-state index contributed by atoms with van der Waals surface area (Å²) in [5, 5.41) is 18.7. The average Bonchev–Trinajstić information content (AvgIpc) is 2.73. The van der Waals surface area contributed by atoms with Gasteiger partial charge in [0.25, 0.3) is 0 Å². The van der Waals surface area contributed by atoms with Crippen molar-refractivity contribution >= 4 is 23.0 Å². The lowest BCUT2D eigenvalue weighted by atomic mass is 10.1. The van der Waals surface area contributed by atoms with E-state index in [-0.39, 0.29) is 5.57 Å². The summed E-state index contributed by atoms with van der Waals surface area (Å²) in [7, 11) is 0. The normalized spacial score (nSPS) is 14.3. The van der Waals surface area contributed by atoms with Gasteiger partial charge in [0.05, 0.1) is 0 Å². The lowest BCUT2D eigenvalue weighted by molar-refractivity contribution is 0.367. The van der Waals surface area contributed by atoms with Gasteiger partial charge in [0.15, 0.2) is 0 Å². The van der Waals surface area contributed by atoms with Gasteiger partial charge in [0, 0.05) is 42.6 Å². The van der Waals surface area contributed by atoms with Gasteiger partial charge >= 0.3 is 0 Å². The van der Waals surface area contributed by atoms with E-state index in [4.69, 9.17) is 22.1 Å². The van der Waals surface area contributed by atoms with Crippen molar-refractivity contribution in [2.45, 2.75) is 0 Å². The van der Waals surface area contributed by atoms with E-state index in [0.29, 0.717) is 5.02 Å². The molecule has 1 saturated heterocycles. The molecule has 0 unspecified atom stereocenters. The zero-order chi connectivity index (χ0) is 19.1. The quantitative estimate of drug-likeness (QED) is 0.585. The number of rotatable bonds is 4. The minimum Gasteiger partial charge on any atom is -0.368 e. The number of piperazine rings is 1.